The first-order chi connectivity index (χ1) is 8.69. The van der Waals surface area contributed by atoms with Gasteiger partial charge in [-0.25, -0.2) is 14.6 Å². The van der Waals surface area contributed by atoms with Crippen LogP contribution < -0.4 is 5.32 Å². The molecule has 0 spiro atoms. The molecule has 0 atom stereocenters. The summed E-state index contributed by atoms with van der Waals surface area (Å²) >= 11 is 0. The van der Waals surface area contributed by atoms with Crippen LogP contribution in [0.4, 0.5) is 5.82 Å². The van der Waals surface area contributed by atoms with Crippen LogP contribution in [0.5, 0.6) is 0 Å². The van der Waals surface area contributed by atoms with Gasteiger partial charge in [0.25, 0.3) is 0 Å². The van der Waals surface area contributed by atoms with Crippen LogP contribution in [0.3, 0.4) is 0 Å². The third-order valence-electron chi connectivity index (χ3n) is 2.54. The molecule has 0 aliphatic carbocycles. The fraction of sp³-hybridized carbons (Fsp3) is 0.500. The number of anilines is 1. The minimum absolute atomic E-state index is 0.605. The minimum atomic E-state index is 0.605. The van der Waals surface area contributed by atoms with E-state index in [1.54, 1.807) is 12.4 Å². The SMILES string of the molecule is CCCNc1cnc(Cn2nc(C)nc2C)cn1. The monoisotopic (exact) mass is 246 g/mol. The average Bonchev–Trinajstić information content (AvgIpc) is 2.67. The molecular weight excluding hydrogens is 228 g/mol. The molecule has 0 radical (unpaired) electrons. The van der Waals surface area contributed by atoms with E-state index < -0.39 is 0 Å². The highest BCUT2D eigenvalue weighted by Gasteiger charge is 2.04. The van der Waals surface area contributed by atoms with E-state index in [0.29, 0.717) is 6.54 Å². The first-order valence-corrected chi connectivity index (χ1v) is 6.12. The summed E-state index contributed by atoms with van der Waals surface area (Å²) in [6.07, 6.45) is 4.60. The molecule has 2 rings (SSSR count). The number of hydrogen-bond acceptors (Lipinski definition) is 5. The molecular formula is C12H18N6. The summed E-state index contributed by atoms with van der Waals surface area (Å²) in [6, 6.07) is 0. The number of nitrogens with one attached hydrogen (secondary N) is 1. The molecule has 2 heterocycles. The first-order valence-electron chi connectivity index (χ1n) is 6.12. The Kier molecular flexibility index (Phi) is 3.86. The van der Waals surface area contributed by atoms with Crippen molar-refractivity contribution in [2.24, 2.45) is 0 Å². The largest absolute Gasteiger partial charge is 0.369 e. The van der Waals surface area contributed by atoms with Gasteiger partial charge >= 0.3 is 0 Å². The highest BCUT2D eigenvalue weighted by molar-refractivity contribution is 5.30. The van der Waals surface area contributed by atoms with Gasteiger partial charge in [0, 0.05) is 6.54 Å². The van der Waals surface area contributed by atoms with Gasteiger partial charge in [-0.15, -0.1) is 0 Å². The summed E-state index contributed by atoms with van der Waals surface area (Å²) in [5.41, 5.74) is 0.880. The molecule has 18 heavy (non-hydrogen) atoms. The van der Waals surface area contributed by atoms with Crippen LogP contribution in [0.1, 0.15) is 30.7 Å². The maximum atomic E-state index is 4.36. The van der Waals surface area contributed by atoms with Gasteiger partial charge in [-0.3, -0.25) is 4.98 Å². The zero-order chi connectivity index (χ0) is 13.0. The maximum absolute atomic E-state index is 4.36. The second kappa shape index (κ2) is 5.57. The lowest BCUT2D eigenvalue weighted by atomic mass is 10.4. The normalized spacial score (nSPS) is 10.6. The van der Waals surface area contributed by atoms with Gasteiger partial charge in [0.15, 0.2) is 0 Å². The van der Waals surface area contributed by atoms with E-state index in [4.69, 9.17) is 0 Å². The summed E-state index contributed by atoms with van der Waals surface area (Å²) in [4.78, 5) is 12.9. The summed E-state index contributed by atoms with van der Waals surface area (Å²) in [5.74, 6) is 2.48. The molecule has 2 aromatic heterocycles. The van der Waals surface area contributed by atoms with Crippen LogP contribution in [0, 0.1) is 13.8 Å². The lowest BCUT2D eigenvalue weighted by Gasteiger charge is -2.05. The van der Waals surface area contributed by atoms with Crippen LogP contribution in [0.2, 0.25) is 0 Å². The van der Waals surface area contributed by atoms with Gasteiger partial charge in [0.05, 0.1) is 24.6 Å². The molecule has 0 fully saturated rings. The van der Waals surface area contributed by atoms with E-state index in [9.17, 15) is 0 Å². The molecule has 0 aromatic carbocycles. The molecule has 0 saturated carbocycles. The molecule has 96 valence electrons. The predicted octanol–water partition coefficient (Wildman–Crippen LogP) is 1.56. The Balaban J connectivity index is 2.04. The van der Waals surface area contributed by atoms with Crippen LogP contribution in [0.15, 0.2) is 12.4 Å². The Morgan fingerprint density at radius 3 is 2.61 bits per heavy atom. The predicted molar refractivity (Wildman–Crippen MR) is 69.4 cm³/mol. The van der Waals surface area contributed by atoms with Crippen molar-refractivity contribution in [2.75, 3.05) is 11.9 Å². The van der Waals surface area contributed by atoms with E-state index in [1.807, 2.05) is 18.5 Å². The molecule has 6 nitrogen and oxygen atoms in total. The average molecular weight is 246 g/mol. The van der Waals surface area contributed by atoms with Crippen molar-refractivity contribution in [1.82, 2.24) is 24.7 Å². The smallest absolute Gasteiger partial charge is 0.147 e. The summed E-state index contributed by atoms with van der Waals surface area (Å²) < 4.78 is 1.83. The molecule has 0 amide bonds. The highest BCUT2D eigenvalue weighted by atomic mass is 15.3. The van der Waals surface area contributed by atoms with Crippen molar-refractivity contribution >= 4 is 5.82 Å². The van der Waals surface area contributed by atoms with Crippen LogP contribution >= 0.6 is 0 Å². The Labute approximate surface area is 106 Å². The second-order valence-corrected chi connectivity index (χ2v) is 4.18. The van der Waals surface area contributed by atoms with Crippen molar-refractivity contribution < 1.29 is 0 Å². The topological polar surface area (TPSA) is 68.5 Å². The van der Waals surface area contributed by atoms with Crippen LogP contribution in [-0.4, -0.2) is 31.3 Å². The first kappa shape index (κ1) is 12.5. The van der Waals surface area contributed by atoms with Crippen molar-refractivity contribution in [3.05, 3.63) is 29.7 Å². The fourth-order valence-corrected chi connectivity index (χ4v) is 1.65. The van der Waals surface area contributed by atoms with E-state index in [-0.39, 0.29) is 0 Å². The third-order valence-corrected chi connectivity index (χ3v) is 2.54. The van der Waals surface area contributed by atoms with E-state index in [2.05, 4.69) is 32.3 Å². The number of aromatic nitrogens is 5. The lowest BCUT2D eigenvalue weighted by molar-refractivity contribution is 0.642. The zero-order valence-electron chi connectivity index (χ0n) is 11.0. The van der Waals surface area contributed by atoms with E-state index >= 15 is 0 Å². The standard InChI is InChI=1S/C12H18N6/c1-4-5-13-12-7-14-11(6-15-12)8-18-10(3)16-9(2)17-18/h6-7H,4-5,8H2,1-3H3,(H,13,15). The Bertz CT molecular complexity index is 502. The quantitative estimate of drug-likeness (QED) is 0.867. The molecule has 2 aromatic rings. The Morgan fingerprint density at radius 2 is 2.06 bits per heavy atom. The van der Waals surface area contributed by atoms with Gasteiger partial charge in [0.1, 0.15) is 17.5 Å². The second-order valence-electron chi connectivity index (χ2n) is 4.18. The van der Waals surface area contributed by atoms with Gasteiger partial charge in [-0.2, -0.15) is 5.10 Å². The van der Waals surface area contributed by atoms with Crippen molar-refractivity contribution in [3.63, 3.8) is 0 Å². The molecule has 0 saturated heterocycles. The van der Waals surface area contributed by atoms with Gasteiger partial charge < -0.3 is 5.32 Å². The molecule has 1 N–H and O–H groups in total. The Hall–Kier alpha value is -1.98. The molecule has 0 unspecified atom stereocenters. The van der Waals surface area contributed by atoms with Gasteiger partial charge in [-0.05, 0) is 20.3 Å². The summed E-state index contributed by atoms with van der Waals surface area (Å²) in [5, 5.41) is 7.49. The number of hydrogen-bond donors (Lipinski definition) is 1. The zero-order valence-corrected chi connectivity index (χ0v) is 11.0. The lowest BCUT2D eigenvalue weighted by Crippen LogP contribution is -2.08. The molecule has 6 heteroatoms. The van der Waals surface area contributed by atoms with E-state index in [0.717, 1.165) is 36.1 Å². The highest BCUT2D eigenvalue weighted by Crippen LogP contribution is 2.04. The van der Waals surface area contributed by atoms with Crippen molar-refractivity contribution in [3.8, 4) is 0 Å². The summed E-state index contributed by atoms with van der Waals surface area (Å²) in [7, 11) is 0. The number of aryl methyl sites for hydroxylation is 2. The third kappa shape index (κ3) is 3.03. The number of nitrogens with zero attached hydrogens (tertiary/aromatic N) is 5. The Morgan fingerprint density at radius 1 is 1.22 bits per heavy atom. The molecule has 0 aliphatic heterocycles. The maximum Gasteiger partial charge on any atom is 0.147 e. The number of rotatable bonds is 5. The molecule has 0 aliphatic rings. The van der Waals surface area contributed by atoms with Crippen LogP contribution in [0.25, 0.3) is 0 Å². The van der Waals surface area contributed by atoms with Gasteiger partial charge in [0.2, 0.25) is 0 Å². The van der Waals surface area contributed by atoms with Crippen molar-refractivity contribution in [1.29, 1.82) is 0 Å². The van der Waals surface area contributed by atoms with Gasteiger partial charge in [-0.1, -0.05) is 6.92 Å². The minimum Gasteiger partial charge on any atom is -0.369 e. The van der Waals surface area contributed by atoms with Crippen molar-refractivity contribution in [2.45, 2.75) is 33.7 Å². The fourth-order valence-electron chi connectivity index (χ4n) is 1.65. The van der Waals surface area contributed by atoms with E-state index in [1.165, 1.54) is 0 Å². The van der Waals surface area contributed by atoms with Crippen LogP contribution in [-0.2, 0) is 6.54 Å². The summed E-state index contributed by atoms with van der Waals surface area (Å²) in [6.45, 7) is 7.45. The molecule has 0 bridgehead atoms.